The monoisotopic (exact) mass is 527 g/mol. The van der Waals surface area contributed by atoms with E-state index in [9.17, 15) is 18.0 Å². The highest BCUT2D eigenvalue weighted by Gasteiger charge is 2.33. The number of carbonyl (C=O) groups is 2. The Kier molecular flexibility index (Phi) is 9.12. The molecule has 0 aliphatic rings. The Bertz CT molecular complexity index is 1320. The normalized spacial score (nSPS) is 12.0. The highest BCUT2D eigenvalue weighted by atomic mass is 35.5. The Morgan fingerprint density at radius 2 is 1.56 bits per heavy atom. The van der Waals surface area contributed by atoms with E-state index in [1.165, 1.54) is 11.9 Å². The Morgan fingerprint density at radius 3 is 2.17 bits per heavy atom. The minimum Gasteiger partial charge on any atom is -0.357 e. The molecule has 0 radical (unpaired) electrons. The molecule has 2 amide bonds. The third-order valence-corrected chi connectivity index (χ3v) is 7.37. The molecule has 190 valence electrons. The first-order chi connectivity index (χ1) is 17.1. The predicted molar refractivity (Wildman–Crippen MR) is 143 cm³/mol. The van der Waals surface area contributed by atoms with Gasteiger partial charge in [0.15, 0.2) is 0 Å². The first kappa shape index (κ1) is 27.2. The van der Waals surface area contributed by atoms with Gasteiger partial charge < -0.3 is 10.2 Å². The average Bonchev–Trinajstić information content (AvgIpc) is 2.85. The van der Waals surface area contributed by atoms with Crippen LogP contribution < -0.4 is 9.62 Å². The summed E-state index contributed by atoms with van der Waals surface area (Å²) >= 11 is 6.40. The average molecular weight is 528 g/mol. The summed E-state index contributed by atoms with van der Waals surface area (Å²) in [5, 5.41) is 3.10. The topological polar surface area (TPSA) is 86.8 Å². The highest BCUT2D eigenvalue weighted by molar-refractivity contribution is 7.92. The van der Waals surface area contributed by atoms with Crippen LogP contribution in [0.3, 0.4) is 0 Å². The number of amides is 2. The molecular weight excluding hydrogens is 498 g/mol. The van der Waals surface area contributed by atoms with Gasteiger partial charge in [-0.25, -0.2) is 8.42 Å². The van der Waals surface area contributed by atoms with E-state index in [1.54, 1.807) is 55.5 Å². The molecule has 1 N–H and O–H groups in total. The molecule has 0 aliphatic carbocycles. The summed E-state index contributed by atoms with van der Waals surface area (Å²) < 4.78 is 26.6. The zero-order valence-corrected chi connectivity index (χ0v) is 22.1. The van der Waals surface area contributed by atoms with Crippen LogP contribution in [0.4, 0.5) is 5.69 Å². The second kappa shape index (κ2) is 12.1. The minimum absolute atomic E-state index is 0.0365. The van der Waals surface area contributed by atoms with Gasteiger partial charge in [-0.1, -0.05) is 78.3 Å². The molecule has 0 saturated carbocycles. The first-order valence-corrected chi connectivity index (χ1v) is 13.7. The van der Waals surface area contributed by atoms with Crippen molar-refractivity contribution >= 4 is 39.1 Å². The Labute approximate surface area is 217 Å². The van der Waals surface area contributed by atoms with Crippen LogP contribution in [0.25, 0.3) is 0 Å². The number of likely N-dealkylation sites (N-methyl/N-ethyl adjacent to an activating group) is 1. The molecule has 0 bridgehead atoms. The lowest BCUT2D eigenvalue weighted by Gasteiger charge is -2.33. The number of hydrogen-bond donors (Lipinski definition) is 1. The molecule has 9 heteroatoms. The molecule has 0 fully saturated rings. The van der Waals surface area contributed by atoms with Crippen molar-refractivity contribution < 1.29 is 18.0 Å². The number of nitrogens with one attached hydrogen (secondary N) is 1. The van der Waals surface area contributed by atoms with E-state index >= 15 is 0 Å². The molecule has 0 heterocycles. The van der Waals surface area contributed by atoms with Gasteiger partial charge in [0, 0.05) is 25.0 Å². The largest absolute Gasteiger partial charge is 0.357 e. The third-order valence-electron chi connectivity index (χ3n) is 5.88. The van der Waals surface area contributed by atoms with Crippen LogP contribution in [0.5, 0.6) is 0 Å². The van der Waals surface area contributed by atoms with E-state index in [2.05, 4.69) is 5.32 Å². The molecule has 0 aromatic heterocycles. The number of anilines is 1. The zero-order valence-electron chi connectivity index (χ0n) is 20.5. The smallest absolute Gasteiger partial charge is 0.244 e. The highest BCUT2D eigenvalue weighted by Crippen LogP contribution is 2.24. The maximum Gasteiger partial charge on any atom is 0.244 e. The summed E-state index contributed by atoms with van der Waals surface area (Å²) in [7, 11) is -2.29. The second-order valence-electron chi connectivity index (χ2n) is 8.49. The van der Waals surface area contributed by atoms with Gasteiger partial charge >= 0.3 is 0 Å². The van der Waals surface area contributed by atoms with Crippen molar-refractivity contribution in [2.24, 2.45) is 0 Å². The van der Waals surface area contributed by atoms with Gasteiger partial charge in [-0.05, 0) is 35.7 Å². The number of para-hydroxylation sites is 1. The van der Waals surface area contributed by atoms with Gasteiger partial charge in [-0.2, -0.15) is 0 Å². The van der Waals surface area contributed by atoms with Gasteiger partial charge in [0.2, 0.25) is 21.8 Å². The van der Waals surface area contributed by atoms with Gasteiger partial charge in [0.25, 0.3) is 0 Å². The van der Waals surface area contributed by atoms with E-state index in [1.807, 2.05) is 30.3 Å². The fourth-order valence-corrected chi connectivity index (χ4v) is 5.07. The number of carbonyl (C=O) groups excluding carboxylic acids is 2. The van der Waals surface area contributed by atoms with E-state index in [4.69, 9.17) is 11.6 Å². The summed E-state index contributed by atoms with van der Waals surface area (Å²) in [6.45, 7) is 1.35. The standard InChI is InChI=1S/C27H30ClN3O4S/c1-20-11-7-10-16-24(20)31(36(3,34)35)19-26(32)30(18-22-14-8-9-15-23(22)28)25(27(33)29-2)17-21-12-5-4-6-13-21/h4-16,25H,17-19H2,1-3H3,(H,29,33). The Morgan fingerprint density at radius 1 is 0.944 bits per heavy atom. The molecular formula is C27H30ClN3O4S. The van der Waals surface area contributed by atoms with Gasteiger partial charge in [0.05, 0.1) is 11.9 Å². The Hall–Kier alpha value is -3.36. The van der Waals surface area contributed by atoms with Crippen molar-refractivity contribution in [2.75, 3.05) is 24.2 Å². The van der Waals surface area contributed by atoms with Crippen molar-refractivity contribution in [3.05, 3.63) is 101 Å². The summed E-state index contributed by atoms with van der Waals surface area (Å²) in [5.41, 5.74) is 2.63. The molecule has 0 saturated heterocycles. The first-order valence-electron chi connectivity index (χ1n) is 11.4. The maximum absolute atomic E-state index is 13.8. The molecule has 7 nitrogen and oxygen atoms in total. The molecule has 1 unspecified atom stereocenters. The van der Waals surface area contributed by atoms with Crippen molar-refractivity contribution in [1.82, 2.24) is 10.2 Å². The summed E-state index contributed by atoms with van der Waals surface area (Å²) in [5.74, 6) is -0.880. The fraction of sp³-hybridized carbons (Fsp3) is 0.259. The molecule has 0 aliphatic heterocycles. The lowest BCUT2D eigenvalue weighted by molar-refractivity contribution is -0.139. The number of rotatable bonds is 10. The van der Waals surface area contributed by atoms with Crippen molar-refractivity contribution in [1.29, 1.82) is 0 Å². The van der Waals surface area contributed by atoms with Crippen LogP contribution in [-0.4, -0.2) is 51.0 Å². The predicted octanol–water partition coefficient (Wildman–Crippen LogP) is 3.80. The second-order valence-corrected chi connectivity index (χ2v) is 10.8. The number of sulfonamides is 1. The van der Waals surface area contributed by atoms with Crippen molar-refractivity contribution in [3.63, 3.8) is 0 Å². The van der Waals surface area contributed by atoms with E-state index < -0.39 is 28.5 Å². The van der Waals surface area contributed by atoms with Crippen molar-refractivity contribution in [2.45, 2.75) is 25.9 Å². The van der Waals surface area contributed by atoms with E-state index in [0.29, 0.717) is 21.8 Å². The van der Waals surface area contributed by atoms with Crippen molar-refractivity contribution in [3.8, 4) is 0 Å². The van der Waals surface area contributed by atoms with Crippen LogP contribution in [0, 0.1) is 6.92 Å². The minimum atomic E-state index is -3.80. The molecule has 1 atom stereocenters. The fourth-order valence-electron chi connectivity index (χ4n) is 3.97. The number of benzene rings is 3. The number of hydrogen-bond acceptors (Lipinski definition) is 4. The zero-order chi connectivity index (χ0) is 26.3. The van der Waals surface area contributed by atoms with E-state index in [-0.39, 0.29) is 18.9 Å². The van der Waals surface area contributed by atoms with Crippen LogP contribution in [0.1, 0.15) is 16.7 Å². The molecule has 0 spiro atoms. The van der Waals surface area contributed by atoms with Gasteiger partial charge in [-0.15, -0.1) is 0 Å². The molecule has 3 aromatic rings. The SMILES string of the molecule is CNC(=O)C(Cc1ccccc1)N(Cc1ccccc1Cl)C(=O)CN(c1ccccc1C)S(C)(=O)=O. The molecule has 36 heavy (non-hydrogen) atoms. The maximum atomic E-state index is 13.8. The number of nitrogens with zero attached hydrogens (tertiary/aromatic N) is 2. The Balaban J connectivity index is 2.05. The third kappa shape index (κ3) is 6.86. The lowest BCUT2D eigenvalue weighted by atomic mass is 10.0. The summed E-state index contributed by atoms with van der Waals surface area (Å²) in [6.07, 6.45) is 1.31. The van der Waals surface area contributed by atoms with Crippen LogP contribution >= 0.6 is 11.6 Å². The van der Waals surface area contributed by atoms with Gasteiger partial charge in [-0.3, -0.25) is 13.9 Å². The van der Waals surface area contributed by atoms with E-state index in [0.717, 1.165) is 16.1 Å². The lowest BCUT2D eigenvalue weighted by Crippen LogP contribution is -2.53. The summed E-state index contributed by atoms with van der Waals surface area (Å²) in [6, 6.07) is 22.5. The van der Waals surface area contributed by atoms with Crippen LogP contribution in [0.15, 0.2) is 78.9 Å². The summed E-state index contributed by atoms with van der Waals surface area (Å²) in [4.78, 5) is 28.3. The molecule has 3 aromatic carbocycles. The van der Waals surface area contributed by atoms with Gasteiger partial charge in [0.1, 0.15) is 12.6 Å². The quantitative estimate of drug-likeness (QED) is 0.434. The number of halogens is 1. The number of aryl methyl sites for hydroxylation is 1. The van der Waals surface area contributed by atoms with Crippen LogP contribution in [0.2, 0.25) is 5.02 Å². The molecule has 3 rings (SSSR count). The van der Waals surface area contributed by atoms with Crippen LogP contribution in [-0.2, 0) is 32.6 Å².